The fraction of sp³-hybridized carbons (Fsp3) is 0.222. The van der Waals surface area contributed by atoms with Crippen LogP contribution >= 0.6 is 31.9 Å². The summed E-state index contributed by atoms with van der Waals surface area (Å²) in [6, 6.07) is 12.2. The molecule has 0 saturated carbocycles. The monoisotopic (exact) mass is 451 g/mol. The quantitative estimate of drug-likeness (QED) is 0.712. The molecule has 0 aliphatic carbocycles. The highest BCUT2D eigenvalue weighted by atomic mass is 79.9. The molecule has 0 aromatic heterocycles. The van der Waals surface area contributed by atoms with Crippen molar-refractivity contribution in [2.24, 2.45) is 0 Å². The Kier molecular flexibility index (Phi) is 4.64. The first-order valence-corrected chi connectivity index (χ1v) is 9.08. The topological polar surface area (TPSA) is 57.6 Å². The van der Waals surface area contributed by atoms with Crippen LogP contribution in [0.3, 0.4) is 0 Å². The van der Waals surface area contributed by atoms with E-state index in [0.717, 1.165) is 8.95 Å². The summed E-state index contributed by atoms with van der Waals surface area (Å²) in [6.45, 7) is 2.27. The Morgan fingerprint density at radius 2 is 1.88 bits per heavy atom. The van der Waals surface area contributed by atoms with Crippen LogP contribution in [0.1, 0.15) is 29.3 Å². The summed E-state index contributed by atoms with van der Waals surface area (Å²) in [5.74, 6) is -0.738. The summed E-state index contributed by atoms with van der Waals surface area (Å²) < 4.78 is 1.52. The molecule has 0 fully saturated rings. The van der Waals surface area contributed by atoms with Crippen molar-refractivity contribution in [2.75, 3.05) is 11.4 Å². The Bertz CT molecular complexity index is 837. The van der Waals surface area contributed by atoms with E-state index in [4.69, 9.17) is 0 Å². The predicted octanol–water partition coefficient (Wildman–Crippen LogP) is 4.04. The number of anilines is 1. The van der Waals surface area contributed by atoms with Gasteiger partial charge in [-0.05, 0) is 37.3 Å². The maximum atomic E-state index is 12.8. The number of aliphatic hydroxyl groups is 1. The summed E-state index contributed by atoms with van der Waals surface area (Å²) in [4.78, 5) is 26.9. The lowest BCUT2D eigenvalue weighted by Crippen LogP contribution is -2.41. The first kappa shape index (κ1) is 17.3. The van der Waals surface area contributed by atoms with Crippen LogP contribution in [0, 0.1) is 0 Å². The second-order valence-electron chi connectivity index (χ2n) is 5.68. The first-order valence-electron chi connectivity index (χ1n) is 7.50. The SMILES string of the molecule is CCN1C(=O)[C@](O)(CC(=O)c2cccc(Br)c2)c2cc(Br)ccc21. The van der Waals surface area contributed by atoms with E-state index < -0.39 is 11.5 Å². The number of benzene rings is 2. The van der Waals surface area contributed by atoms with Gasteiger partial charge >= 0.3 is 0 Å². The summed E-state index contributed by atoms with van der Waals surface area (Å²) in [5, 5.41) is 11.1. The molecule has 0 spiro atoms. The average Bonchev–Trinajstić information content (AvgIpc) is 2.75. The van der Waals surface area contributed by atoms with E-state index in [9.17, 15) is 14.7 Å². The smallest absolute Gasteiger partial charge is 0.264 e. The molecule has 3 rings (SSSR count). The van der Waals surface area contributed by atoms with Gasteiger partial charge in [0.15, 0.2) is 11.4 Å². The molecular formula is C18H15Br2NO3. The average molecular weight is 453 g/mol. The van der Waals surface area contributed by atoms with Crippen molar-refractivity contribution in [1.82, 2.24) is 0 Å². The van der Waals surface area contributed by atoms with Crippen LogP contribution in [0.25, 0.3) is 0 Å². The van der Waals surface area contributed by atoms with E-state index >= 15 is 0 Å². The van der Waals surface area contributed by atoms with Gasteiger partial charge in [-0.25, -0.2) is 0 Å². The molecule has 0 radical (unpaired) electrons. The highest BCUT2D eigenvalue weighted by Gasteiger charge is 2.50. The van der Waals surface area contributed by atoms with Crippen LogP contribution in [-0.4, -0.2) is 23.3 Å². The lowest BCUT2D eigenvalue weighted by atomic mass is 9.88. The number of nitrogens with zero attached hydrogens (tertiary/aromatic N) is 1. The van der Waals surface area contributed by atoms with Crippen molar-refractivity contribution in [3.63, 3.8) is 0 Å². The molecule has 1 aliphatic heterocycles. The number of carbonyl (C=O) groups excluding carboxylic acids is 2. The van der Waals surface area contributed by atoms with E-state index in [2.05, 4.69) is 31.9 Å². The zero-order valence-electron chi connectivity index (χ0n) is 12.9. The summed E-state index contributed by atoms with van der Waals surface area (Å²) in [6.07, 6.45) is -0.289. The van der Waals surface area contributed by atoms with Crippen molar-refractivity contribution in [2.45, 2.75) is 18.9 Å². The van der Waals surface area contributed by atoms with Crippen molar-refractivity contribution in [3.05, 3.63) is 62.5 Å². The van der Waals surface area contributed by atoms with Gasteiger partial charge in [-0.15, -0.1) is 0 Å². The van der Waals surface area contributed by atoms with E-state index in [-0.39, 0.29) is 12.2 Å². The van der Waals surface area contributed by atoms with Gasteiger partial charge in [0.2, 0.25) is 0 Å². The molecule has 2 aromatic carbocycles. The molecule has 4 nitrogen and oxygen atoms in total. The summed E-state index contributed by atoms with van der Waals surface area (Å²) in [7, 11) is 0. The standard InChI is InChI=1S/C18H15Br2NO3/c1-2-21-15-7-6-13(20)9-14(15)18(24,17(21)23)10-16(22)11-4-3-5-12(19)8-11/h3-9,24H,2,10H2,1H3/t18-/m0/s1. The van der Waals surface area contributed by atoms with Crippen molar-refractivity contribution >= 4 is 49.2 Å². The molecule has 0 saturated heterocycles. The molecule has 1 aliphatic rings. The first-order chi connectivity index (χ1) is 11.4. The minimum atomic E-state index is -1.84. The Labute approximate surface area is 156 Å². The van der Waals surface area contributed by atoms with Gasteiger partial charge in [0.1, 0.15) is 0 Å². The van der Waals surface area contributed by atoms with Gasteiger partial charge in [0.25, 0.3) is 5.91 Å². The number of fused-ring (bicyclic) bond motifs is 1. The molecule has 1 heterocycles. The summed E-state index contributed by atoms with van der Waals surface area (Å²) in [5.41, 5.74) is -0.270. The Morgan fingerprint density at radius 1 is 1.17 bits per heavy atom. The maximum absolute atomic E-state index is 12.8. The molecule has 6 heteroatoms. The molecule has 124 valence electrons. The molecule has 1 amide bonds. The molecule has 1 N–H and O–H groups in total. The van der Waals surface area contributed by atoms with E-state index in [1.807, 2.05) is 19.1 Å². The van der Waals surface area contributed by atoms with Crippen molar-refractivity contribution < 1.29 is 14.7 Å². The van der Waals surface area contributed by atoms with Crippen LogP contribution in [0.15, 0.2) is 51.4 Å². The van der Waals surface area contributed by atoms with E-state index in [1.54, 1.807) is 30.3 Å². The molecule has 1 atom stereocenters. The molecule has 24 heavy (non-hydrogen) atoms. The van der Waals surface area contributed by atoms with Crippen LogP contribution in [-0.2, 0) is 10.4 Å². The fourth-order valence-corrected chi connectivity index (χ4v) is 3.76. The van der Waals surface area contributed by atoms with Crippen LogP contribution < -0.4 is 4.90 Å². The zero-order chi connectivity index (χ0) is 17.5. The molecular weight excluding hydrogens is 438 g/mol. The van der Waals surface area contributed by atoms with Crippen molar-refractivity contribution in [1.29, 1.82) is 0 Å². The molecule has 0 bridgehead atoms. The maximum Gasteiger partial charge on any atom is 0.264 e. The molecule has 2 aromatic rings. The predicted molar refractivity (Wildman–Crippen MR) is 99.2 cm³/mol. The highest BCUT2D eigenvalue weighted by molar-refractivity contribution is 9.10. The number of likely N-dealkylation sites (N-methyl/N-ethyl adjacent to an activating group) is 1. The minimum Gasteiger partial charge on any atom is -0.375 e. The minimum absolute atomic E-state index is 0.281. The van der Waals surface area contributed by atoms with Gasteiger partial charge in [0.05, 0.1) is 12.1 Å². The lowest BCUT2D eigenvalue weighted by Gasteiger charge is -2.22. The Balaban J connectivity index is 2.02. The number of hydrogen-bond donors (Lipinski definition) is 1. The number of hydrogen-bond acceptors (Lipinski definition) is 3. The van der Waals surface area contributed by atoms with Gasteiger partial charge in [-0.2, -0.15) is 0 Å². The zero-order valence-corrected chi connectivity index (χ0v) is 16.1. The van der Waals surface area contributed by atoms with Gasteiger partial charge in [-0.1, -0.05) is 44.0 Å². The third-order valence-corrected chi connectivity index (χ3v) is 5.16. The van der Waals surface area contributed by atoms with Gasteiger partial charge < -0.3 is 10.0 Å². The summed E-state index contributed by atoms with van der Waals surface area (Å²) >= 11 is 6.70. The van der Waals surface area contributed by atoms with Crippen LogP contribution in [0.4, 0.5) is 5.69 Å². The largest absolute Gasteiger partial charge is 0.375 e. The van der Waals surface area contributed by atoms with Crippen LogP contribution in [0.5, 0.6) is 0 Å². The van der Waals surface area contributed by atoms with E-state index in [0.29, 0.717) is 23.4 Å². The lowest BCUT2D eigenvalue weighted by molar-refractivity contribution is -0.135. The van der Waals surface area contributed by atoms with Crippen molar-refractivity contribution in [3.8, 4) is 0 Å². The number of rotatable bonds is 4. The highest BCUT2D eigenvalue weighted by Crippen LogP contribution is 2.44. The molecule has 0 unspecified atom stereocenters. The normalized spacial score (nSPS) is 19.5. The number of carbonyl (C=O) groups is 2. The number of ketones is 1. The van der Waals surface area contributed by atoms with Crippen LogP contribution in [0.2, 0.25) is 0 Å². The third kappa shape index (κ3) is 2.83. The van der Waals surface area contributed by atoms with Gasteiger partial charge in [0, 0.05) is 26.6 Å². The number of halogens is 2. The second-order valence-corrected chi connectivity index (χ2v) is 7.51. The Hall–Kier alpha value is -1.50. The number of Topliss-reactive ketones (excluding diaryl/α,β-unsaturated/α-hetero) is 1. The van der Waals surface area contributed by atoms with Gasteiger partial charge in [-0.3, -0.25) is 9.59 Å². The second kappa shape index (κ2) is 6.43. The number of amides is 1. The van der Waals surface area contributed by atoms with E-state index in [1.165, 1.54) is 4.90 Å². The third-order valence-electron chi connectivity index (χ3n) is 4.17. The Morgan fingerprint density at radius 3 is 2.54 bits per heavy atom. The fourth-order valence-electron chi connectivity index (χ4n) is 3.00.